The van der Waals surface area contributed by atoms with Crippen LogP contribution in [0.3, 0.4) is 0 Å². The van der Waals surface area contributed by atoms with Crippen molar-refractivity contribution in [3.63, 3.8) is 0 Å². The number of pyridine rings is 1. The molecule has 0 unspecified atom stereocenters. The van der Waals surface area contributed by atoms with Crippen LogP contribution >= 0.6 is 0 Å². The number of nitrogens with two attached hydrogens (primary N) is 1. The highest BCUT2D eigenvalue weighted by Crippen LogP contribution is 2.16. The Morgan fingerprint density at radius 1 is 1.21 bits per heavy atom. The third kappa shape index (κ3) is 3.34. The van der Waals surface area contributed by atoms with Gasteiger partial charge in [-0.2, -0.15) is 0 Å². The van der Waals surface area contributed by atoms with E-state index in [4.69, 9.17) is 5.73 Å². The van der Waals surface area contributed by atoms with Crippen molar-refractivity contribution < 1.29 is 14.0 Å². The lowest BCUT2D eigenvalue weighted by atomic mass is 10.1. The Balaban J connectivity index is 1.65. The summed E-state index contributed by atoms with van der Waals surface area (Å²) in [7, 11) is 0. The maximum Gasteiger partial charge on any atom is 0.248 e. The number of piperazine rings is 1. The van der Waals surface area contributed by atoms with Crippen LogP contribution in [0.5, 0.6) is 0 Å². The van der Waals surface area contributed by atoms with E-state index in [0.29, 0.717) is 18.1 Å². The number of nitrogen functional groups attached to an aromatic ring is 1. The number of carbonyl (C=O) groups is 2. The Bertz CT molecular complexity index is 763. The molecule has 1 aromatic heterocycles. The summed E-state index contributed by atoms with van der Waals surface area (Å²) >= 11 is 0. The first kappa shape index (κ1) is 15.9. The molecule has 0 aliphatic carbocycles. The van der Waals surface area contributed by atoms with E-state index in [-0.39, 0.29) is 31.0 Å². The van der Waals surface area contributed by atoms with E-state index in [1.54, 1.807) is 35.2 Å². The second-order valence-electron chi connectivity index (χ2n) is 5.58. The third-order valence-electron chi connectivity index (χ3n) is 3.92. The van der Waals surface area contributed by atoms with Gasteiger partial charge in [0.15, 0.2) is 0 Å². The van der Waals surface area contributed by atoms with E-state index in [9.17, 15) is 14.0 Å². The average Bonchev–Trinajstić information content (AvgIpc) is 2.57. The number of benzene rings is 1. The van der Waals surface area contributed by atoms with Gasteiger partial charge in [-0.1, -0.05) is 18.2 Å². The Kier molecular flexibility index (Phi) is 4.41. The zero-order valence-corrected chi connectivity index (χ0v) is 13.0. The third-order valence-corrected chi connectivity index (χ3v) is 3.92. The summed E-state index contributed by atoms with van der Waals surface area (Å²) in [6, 6.07) is 9.52. The van der Waals surface area contributed by atoms with Crippen LogP contribution in [0.4, 0.5) is 15.9 Å². The molecule has 0 saturated carbocycles. The number of anilines is 2. The van der Waals surface area contributed by atoms with Crippen LogP contribution in [0.15, 0.2) is 42.6 Å². The monoisotopic (exact) mass is 328 g/mol. The summed E-state index contributed by atoms with van der Waals surface area (Å²) in [5.41, 5.74) is 6.43. The Labute approximate surface area is 138 Å². The summed E-state index contributed by atoms with van der Waals surface area (Å²) in [6.45, 7) is 0.782. The Hall–Kier alpha value is -2.96. The van der Waals surface area contributed by atoms with Crippen molar-refractivity contribution in [3.8, 4) is 0 Å². The topological polar surface area (TPSA) is 79.5 Å². The maximum absolute atomic E-state index is 13.6. The Morgan fingerprint density at radius 3 is 2.67 bits per heavy atom. The van der Waals surface area contributed by atoms with Crippen molar-refractivity contribution in [2.24, 2.45) is 0 Å². The van der Waals surface area contributed by atoms with Crippen LogP contribution in [-0.4, -0.2) is 41.3 Å². The van der Waals surface area contributed by atoms with Crippen molar-refractivity contribution in [1.29, 1.82) is 0 Å². The standard InChI is InChI=1S/C17H17FN4O2/c18-14-4-2-1-3-12(14)9-16(23)22-8-7-21(11-17(22)24)15-6-5-13(19)10-20-15/h1-6,10H,7-9,11,19H2. The molecule has 124 valence electrons. The number of halogens is 1. The predicted octanol–water partition coefficient (Wildman–Crippen LogP) is 1.22. The molecular formula is C17H17FN4O2. The summed E-state index contributed by atoms with van der Waals surface area (Å²) in [5, 5.41) is 0. The van der Waals surface area contributed by atoms with Crippen LogP contribution in [0.1, 0.15) is 5.56 Å². The zero-order chi connectivity index (χ0) is 17.1. The van der Waals surface area contributed by atoms with E-state index in [2.05, 4.69) is 4.98 Å². The molecule has 1 fully saturated rings. The van der Waals surface area contributed by atoms with Gasteiger partial charge in [0.2, 0.25) is 11.8 Å². The van der Waals surface area contributed by atoms with Crippen molar-refractivity contribution in [2.75, 3.05) is 30.3 Å². The van der Waals surface area contributed by atoms with E-state index < -0.39 is 11.7 Å². The number of carbonyl (C=O) groups excluding carboxylic acids is 2. The first-order valence-electron chi connectivity index (χ1n) is 7.57. The summed E-state index contributed by atoms with van der Waals surface area (Å²) in [4.78, 5) is 31.7. The minimum Gasteiger partial charge on any atom is -0.397 e. The van der Waals surface area contributed by atoms with Gasteiger partial charge in [0.05, 0.1) is 24.8 Å². The van der Waals surface area contributed by atoms with Gasteiger partial charge in [-0.15, -0.1) is 0 Å². The molecule has 6 nitrogen and oxygen atoms in total. The van der Waals surface area contributed by atoms with E-state index in [1.165, 1.54) is 17.2 Å². The lowest BCUT2D eigenvalue weighted by molar-refractivity contribution is -0.144. The molecule has 2 heterocycles. The number of rotatable bonds is 3. The fourth-order valence-corrected chi connectivity index (χ4v) is 2.62. The molecule has 1 aromatic carbocycles. The molecule has 7 heteroatoms. The van der Waals surface area contributed by atoms with Crippen LogP contribution in [-0.2, 0) is 16.0 Å². The summed E-state index contributed by atoms with van der Waals surface area (Å²) in [6.07, 6.45) is 1.40. The molecule has 1 saturated heterocycles. The molecule has 1 aliphatic rings. The molecular weight excluding hydrogens is 311 g/mol. The molecule has 2 aromatic rings. The van der Waals surface area contributed by atoms with Gasteiger partial charge in [-0.25, -0.2) is 9.37 Å². The van der Waals surface area contributed by atoms with Crippen LogP contribution < -0.4 is 10.6 Å². The van der Waals surface area contributed by atoms with Gasteiger partial charge in [0.1, 0.15) is 11.6 Å². The predicted molar refractivity (Wildman–Crippen MR) is 87.7 cm³/mol. The second-order valence-corrected chi connectivity index (χ2v) is 5.58. The largest absolute Gasteiger partial charge is 0.397 e. The highest BCUT2D eigenvalue weighted by Gasteiger charge is 2.29. The van der Waals surface area contributed by atoms with Gasteiger partial charge in [0.25, 0.3) is 0 Å². The van der Waals surface area contributed by atoms with Gasteiger partial charge in [-0.05, 0) is 23.8 Å². The van der Waals surface area contributed by atoms with E-state index in [1.807, 2.05) is 0 Å². The molecule has 24 heavy (non-hydrogen) atoms. The quantitative estimate of drug-likeness (QED) is 0.916. The smallest absolute Gasteiger partial charge is 0.248 e. The summed E-state index contributed by atoms with van der Waals surface area (Å²) in [5.74, 6) is -0.516. The first-order valence-corrected chi connectivity index (χ1v) is 7.57. The van der Waals surface area contributed by atoms with Gasteiger partial charge < -0.3 is 10.6 Å². The SMILES string of the molecule is Nc1ccc(N2CCN(C(=O)Cc3ccccc3F)C(=O)C2)nc1. The van der Waals surface area contributed by atoms with E-state index in [0.717, 1.165) is 0 Å². The Morgan fingerprint density at radius 2 is 2.00 bits per heavy atom. The minimum absolute atomic E-state index is 0.0555. The maximum atomic E-state index is 13.6. The fourth-order valence-electron chi connectivity index (χ4n) is 2.62. The van der Waals surface area contributed by atoms with Crippen molar-refractivity contribution in [3.05, 3.63) is 54.0 Å². The average molecular weight is 328 g/mol. The normalized spacial score (nSPS) is 14.8. The lowest BCUT2D eigenvalue weighted by Gasteiger charge is -2.33. The highest BCUT2D eigenvalue weighted by molar-refractivity contribution is 5.98. The van der Waals surface area contributed by atoms with E-state index >= 15 is 0 Å². The molecule has 2 N–H and O–H groups in total. The van der Waals surface area contributed by atoms with Gasteiger partial charge >= 0.3 is 0 Å². The molecule has 0 radical (unpaired) electrons. The molecule has 2 amide bonds. The molecule has 3 rings (SSSR count). The molecule has 0 atom stereocenters. The lowest BCUT2D eigenvalue weighted by Crippen LogP contribution is -2.53. The highest BCUT2D eigenvalue weighted by atomic mass is 19.1. The first-order chi connectivity index (χ1) is 11.5. The minimum atomic E-state index is -0.442. The van der Waals surface area contributed by atoms with Crippen LogP contribution in [0.2, 0.25) is 0 Å². The van der Waals surface area contributed by atoms with Gasteiger partial charge in [0, 0.05) is 13.1 Å². The number of hydrogen-bond donors (Lipinski definition) is 1. The zero-order valence-electron chi connectivity index (χ0n) is 13.0. The number of aromatic nitrogens is 1. The van der Waals surface area contributed by atoms with Crippen LogP contribution in [0.25, 0.3) is 0 Å². The second kappa shape index (κ2) is 6.66. The number of hydrogen-bond acceptors (Lipinski definition) is 5. The van der Waals surface area contributed by atoms with Crippen molar-refractivity contribution in [2.45, 2.75) is 6.42 Å². The molecule has 0 spiro atoms. The number of nitrogens with zero attached hydrogens (tertiary/aromatic N) is 3. The van der Waals surface area contributed by atoms with Crippen molar-refractivity contribution in [1.82, 2.24) is 9.88 Å². The summed E-state index contributed by atoms with van der Waals surface area (Å²) < 4.78 is 13.6. The molecule has 0 bridgehead atoms. The number of amides is 2. The van der Waals surface area contributed by atoms with Crippen LogP contribution in [0, 0.1) is 5.82 Å². The van der Waals surface area contributed by atoms with Gasteiger partial charge in [-0.3, -0.25) is 14.5 Å². The molecule has 1 aliphatic heterocycles. The number of imide groups is 1. The van der Waals surface area contributed by atoms with Crippen molar-refractivity contribution >= 4 is 23.3 Å². The fraction of sp³-hybridized carbons (Fsp3) is 0.235.